The van der Waals surface area contributed by atoms with Crippen molar-refractivity contribution in [2.75, 3.05) is 6.54 Å². The number of hydrogen-bond donors (Lipinski definition) is 1. The standard InChI is InChI=1S/C15H11F2N5O2/c16-9-2-1-8(5-10(9)17)13-20-21-14(24-13)15(23)22-4-3-11-12(6-22)19-7-18-11/h1-2,5,7H,3-4,6H2,(H,18,19). The van der Waals surface area contributed by atoms with Crippen LogP contribution >= 0.6 is 0 Å². The number of H-pyrrole nitrogens is 1. The van der Waals surface area contributed by atoms with Crippen LogP contribution in [-0.2, 0) is 13.0 Å². The number of benzene rings is 1. The molecule has 0 aliphatic carbocycles. The van der Waals surface area contributed by atoms with Crippen LogP contribution in [0.25, 0.3) is 11.5 Å². The summed E-state index contributed by atoms with van der Waals surface area (Å²) in [6, 6.07) is 3.20. The Morgan fingerprint density at radius 3 is 2.96 bits per heavy atom. The van der Waals surface area contributed by atoms with E-state index in [1.807, 2.05) is 0 Å². The fourth-order valence-electron chi connectivity index (χ4n) is 2.58. The van der Waals surface area contributed by atoms with Crippen molar-refractivity contribution in [2.24, 2.45) is 0 Å². The number of carbonyl (C=O) groups excluding carboxylic acids is 1. The van der Waals surface area contributed by atoms with E-state index in [1.54, 1.807) is 11.2 Å². The molecule has 0 saturated heterocycles. The smallest absolute Gasteiger partial charge is 0.311 e. The summed E-state index contributed by atoms with van der Waals surface area (Å²) in [6.45, 7) is 0.858. The molecule has 7 nitrogen and oxygen atoms in total. The summed E-state index contributed by atoms with van der Waals surface area (Å²) in [5, 5.41) is 7.45. The van der Waals surface area contributed by atoms with E-state index >= 15 is 0 Å². The van der Waals surface area contributed by atoms with Gasteiger partial charge in [-0.15, -0.1) is 10.2 Å². The van der Waals surface area contributed by atoms with Crippen molar-refractivity contribution in [1.29, 1.82) is 0 Å². The van der Waals surface area contributed by atoms with Crippen LogP contribution in [0.15, 0.2) is 28.9 Å². The van der Waals surface area contributed by atoms with E-state index in [9.17, 15) is 13.6 Å². The minimum atomic E-state index is -1.03. The Hall–Kier alpha value is -3.10. The number of nitrogens with one attached hydrogen (secondary N) is 1. The van der Waals surface area contributed by atoms with Crippen LogP contribution in [-0.4, -0.2) is 37.5 Å². The van der Waals surface area contributed by atoms with Crippen LogP contribution < -0.4 is 0 Å². The molecule has 0 saturated carbocycles. The third-order valence-corrected chi connectivity index (χ3v) is 3.84. The first-order valence-corrected chi connectivity index (χ1v) is 7.21. The van der Waals surface area contributed by atoms with Crippen molar-refractivity contribution in [2.45, 2.75) is 13.0 Å². The van der Waals surface area contributed by atoms with Gasteiger partial charge < -0.3 is 14.3 Å². The van der Waals surface area contributed by atoms with Crippen LogP contribution in [0, 0.1) is 11.6 Å². The van der Waals surface area contributed by atoms with E-state index in [0.717, 1.165) is 23.5 Å². The molecule has 1 aliphatic heterocycles. The van der Waals surface area contributed by atoms with Gasteiger partial charge in [-0.1, -0.05) is 0 Å². The van der Waals surface area contributed by atoms with Gasteiger partial charge in [0.2, 0.25) is 5.89 Å². The molecule has 0 radical (unpaired) electrons. The quantitative estimate of drug-likeness (QED) is 0.775. The molecular weight excluding hydrogens is 320 g/mol. The van der Waals surface area contributed by atoms with Gasteiger partial charge >= 0.3 is 11.8 Å². The van der Waals surface area contributed by atoms with Gasteiger partial charge in [-0.2, -0.15) is 0 Å². The van der Waals surface area contributed by atoms with Gasteiger partial charge in [0.05, 0.1) is 24.3 Å². The zero-order valence-corrected chi connectivity index (χ0v) is 12.3. The lowest BCUT2D eigenvalue weighted by atomic mass is 10.1. The largest absolute Gasteiger partial charge is 0.412 e. The fourth-order valence-corrected chi connectivity index (χ4v) is 2.58. The first kappa shape index (κ1) is 14.5. The van der Waals surface area contributed by atoms with Crippen molar-refractivity contribution in [3.63, 3.8) is 0 Å². The average molecular weight is 331 g/mol. The second kappa shape index (κ2) is 5.52. The van der Waals surface area contributed by atoms with E-state index in [-0.39, 0.29) is 17.3 Å². The van der Waals surface area contributed by atoms with Gasteiger partial charge in [0.1, 0.15) is 0 Å². The zero-order chi connectivity index (χ0) is 16.7. The Morgan fingerprint density at radius 2 is 2.12 bits per heavy atom. The molecule has 0 unspecified atom stereocenters. The molecule has 0 spiro atoms. The molecule has 24 heavy (non-hydrogen) atoms. The number of halogens is 2. The molecule has 0 atom stereocenters. The van der Waals surface area contributed by atoms with E-state index in [1.165, 1.54) is 6.07 Å². The van der Waals surface area contributed by atoms with Crippen LogP contribution in [0.5, 0.6) is 0 Å². The number of fused-ring (bicyclic) bond motifs is 1. The molecule has 2 aromatic heterocycles. The Kier molecular flexibility index (Phi) is 3.33. The Labute approximate surface area is 134 Å². The highest BCUT2D eigenvalue weighted by Gasteiger charge is 2.27. The van der Waals surface area contributed by atoms with Crippen LogP contribution in [0.1, 0.15) is 22.1 Å². The fraction of sp³-hybridized carbons (Fsp3) is 0.200. The minimum Gasteiger partial charge on any atom is -0.412 e. The van der Waals surface area contributed by atoms with Crippen molar-refractivity contribution in [1.82, 2.24) is 25.1 Å². The molecule has 9 heteroatoms. The normalized spacial score (nSPS) is 13.8. The van der Waals surface area contributed by atoms with Gasteiger partial charge in [-0.25, -0.2) is 13.8 Å². The summed E-state index contributed by atoms with van der Waals surface area (Å²) in [4.78, 5) is 21.2. The van der Waals surface area contributed by atoms with Crippen molar-refractivity contribution < 1.29 is 18.0 Å². The lowest BCUT2D eigenvalue weighted by Crippen LogP contribution is -2.36. The summed E-state index contributed by atoms with van der Waals surface area (Å²) in [7, 11) is 0. The molecule has 1 amide bonds. The SMILES string of the molecule is O=C(c1nnc(-c2ccc(F)c(F)c2)o1)N1CCc2nc[nH]c2C1. The number of amides is 1. The monoisotopic (exact) mass is 331 g/mol. The van der Waals surface area contributed by atoms with Gasteiger partial charge in [-0.3, -0.25) is 4.79 Å². The Bertz CT molecular complexity index is 920. The maximum atomic E-state index is 13.3. The van der Waals surface area contributed by atoms with E-state index in [2.05, 4.69) is 20.2 Å². The Morgan fingerprint density at radius 1 is 1.25 bits per heavy atom. The molecule has 122 valence electrons. The van der Waals surface area contributed by atoms with Crippen LogP contribution in [0.4, 0.5) is 8.78 Å². The Balaban J connectivity index is 1.56. The number of aromatic nitrogens is 4. The van der Waals surface area contributed by atoms with Gasteiger partial charge in [0.25, 0.3) is 0 Å². The predicted octanol–water partition coefficient (Wildman–Crippen LogP) is 1.94. The molecule has 1 N–H and O–H groups in total. The van der Waals surface area contributed by atoms with E-state index in [0.29, 0.717) is 19.5 Å². The first-order valence-electron chi connectivity index (χ1n) is 7.21. The maximum absolute atomic E-state index is 13.3. The number of hydrogen-bond acceptors (Lipinski definition) is 5. The topological polar surface area (TPSA) is 87.9 Å². The highest BCUT2D eigenvalue weighted by atomic mass is 19.2. The van der Waals surface area contributed by atoms with Gasteiger partial charge in [0.15, 0.2) is 11.6 Å². The molecule has 3 heterocycles. The van der Waals surface area contributed by atoms with E-state index in [4.69, 9.17) is 4.42 Å². The molecule has 0 fully saturated rings. The van der Waals surface area contributed by atoms with Crippen molar-refractivity contribution in [3.8, 4) is 11.5 Å². The highest BCUT2D eigenvalue weighted by Crippen LogP contribution is 2.22. The molecule has 4 rings (SSSR count). The lowest BCUT2D eigenvalue weighted by molar-refractivity contribution is 0.0692. The number of nitrogens with zero attached hydrogens (tertiary/aromatic N) is 4. The summed E-state index contributed by atoms with van der Waals surface area (Å²) in [6.07, 6.45) is 2.22. The average Bonchev–Trinajstić information content (AvgIpc) is 3.25. The predicted molar refractivity (Wildman–Crippen MR) is 76.7 cm³/mol. The molecule has 1 aliphatic rings. The molecular formula is C15H11F2N5O2. The molecule has 1 aromatic carbocycles. The highest BCUT2D eigenvalue weighted by molar-refractivity contribution is 5.89. The second-order valence-electron chi connectivity index (χ2n) is 5.35. The second-order valence-corrected chi connectivity index (χ2v) is 5.35. The summed E-state index contributed by atoms with van der Waals surface area (Å²) < 4.78 is 31.6. The summed E-state index contributed by atoms with van der Waals surface area (Å²) in [5.41, 5.74) is 2.01. The summed E-state index contributed by atoms with van der Waals surface area (Å²) >= 11 is 0. The van der Waals surface area contributed by atoms with Crippen LogP contribution in [0.3, 0.4) is 0 Å². The number of aromatic amines is 1. The van der Waals surface area contributed by atoms with E-state index < -0.39 is 17.5 Å². The molecule has 3 aromatic rings. The number of rotatable bonds is 2. The first-order chi connectivity index (χ1) is 11.6. The van der Waals surface area contributed by atoms with Gasteiger partial charge in [0, 0.05) is 18.5 Å². The maximum Gasteiger partial charge on any atom is 0.311 e. The van der Waals surface area contributed by atoms with Crippen LogP contribution in [0.2, 0.25) is 0 Å². The third-order valence-electron chi connectivity index (χ3n) is 3.84. The minimum absolute atomic E-state index is 0.0449. The zero-order valence-electron chi connectivity index (χ0n) is 12.3. The van der Waals surface area contributed by atoms with Gasteiger partial charge in [-0.05, 0) is 18.2 Å². The lowest BCUT2D eigenvalue weighted by Gasteiger charge is -2.24. The number of carbonyl (C=O) groups is 1. The van der Waals surface area contributed by atoms with Crippen molar-refractivity contribution in [3.05, 3.63) is 53.4 Å². The number of imidazole rings is 1. The van der Waals surface area contributed by atoms with Crippen molar-refractivity contribution >= 4 is 5.91 Å². The summed E-state index contributed by atoms with van der Waals surface area (Å²) in [5.74, 6) is -2.66. The third kappa shape index (κ3) is 2.43. The molecule has 0 bridgehead atoms.